The van der Waals surface area contributed by atoms with Gasteiger partial charge < -0.3 is 13.8 Å². The number of furan rings is 1. The van der Waals surface area contributed by atoms with Gasteiger partial charge in [-0.2, -0.15) is 4.98 Å². The fourth-order valence-corrected chi connectivity index (χ4v) is 3.15. The minimum Gasteiger partial charge on any atom is -0.466 e. The van der Waals surface area contributed by atoms with Crippen molar-refractivity contribution in [2.24, 2.45) is 0 Å². The van der Waals surface area contributed by atoms with E-state index in [9.17, 15) is 4.79 Å². The Morgan fingerprint density at radius 3 is 2.76 bits per heavy atom. The molecule has 0 spiro atoms. The number of nitrogens with zero attached hydrogens (tertiary/aromatic N) is 3. The first-order valence-electron chi connectivity index (χ1n) is 7.97. The zero-order valence-corrected chi connectivity index (χ0v) is 14.6. The van der Waals surface area contributed by atoms with Gasteiger partial charge in [-0.1, -0.05) is 28.9 Å². The Bertz CT molecular complexity index is 941. The summed E-state index contributed by atoms with van der Waals surface area (Å²) >= 11 is 5.99. The quantitative estimate of drug-likeness (QED) is 0.712. The van der Waals surface area contributed by atoms with Gasteiger partial charge in [-0.15, -0.1) is 0 Å². The monoisotopic (exact) mass is 357 g/mol. The molecule has 25 heavy (non-hydrogen) atoms. The zero-order chi connectivity index (χ0) is 17.6. The van der Waals surface area contributed by atoms with E-state index in [0.717, 1.165) is 11.3 Å². The van der Waals surface area contributed by atoms with Crippen LogP contribution in [0.5, 0.6) is 0 Å². The number of hydrogen-bond acceptors (Lipinski definition) is 5. The Morgan fingerprint density at radius 1 is 1.28 bits per heavy atom. The van der Waals surface area contributed by atoms with E-state index in [0.29, 0.717) is 41.2 Å². The van der Waals surface area contributed by atoms with E-state index in [1.54, 1.807) is 30.0 Å². The lowest BCUT2D eigenvalue weighted by molar-refractivity contribution is 0.0567. The SMILES string of the molecule is Cc1cc(C(=O)N2CC(c3nc(-c4cccc(Cl)c4)no3)C2)c(C)o1. The lowest BCUT2D eigenvalue weighted by Gasteiger charge is -2.36. The molecule has 0 unspecified atom stereocenters. The van der Waals surface area contributed by atoms with E-state index in [-0.39, 0.29) is 11.8 Å². The second kappa shape index (κ2) is 6.04. The summed E-state index contributed by atoms with van der Waals surface area (Å²) in [6.07, 6.45) is 0. The molecule has 3 aromatic rings. The standard InChI is InChI=1S/C18H16ClN3O3/c1-10-6-15(11(2)24-10)18(23)22-8-13(9-22)17-20-16(21-25-17)12-4-3-5-14(19)7-12/h3-7,13H,8-9H2,1-2H3. The van der Waals surface area contributed by atoms with E-state index in [1.807, 2.05) is 19.1 Å². The van der Waals surface area contributed by atoms with Gasteiger partial charge in [0.1, 0.15) is 11.5 Å². The lowest BCUT2D eigenvalue weighted by atomic mass is 9.99. The Morgan fingerprint density at radius 2 is 2.08 bits per heavy atom. The average Bonchev–Trinajstić information content (AvgIpc) is 3.12. The molecule has 7 heteroatoms. The van der Waals surface area contributed by atoms with E-state index >= 15 is 0 Å². The molecule has 0 atom stereocenters. The number of rotatable bonds is 3. The highest BCUT2D eigenvalue weighted by Crippen LogP contribution is 2.30. The molecule has 0 aliphatic carbocycles. The minimum absolute atomic E-state index is 0.0276. The van der Waals surface area contributed by atoms with Crippen molar-refractivity contribution in [1.82, 2.24) is 15.0 Å². The number of carbonyl (C=O) groups is 1. The number of carbonyl (C=O) groups excluding carboxylic acids is 1. The van der Waals surface area contributed by atoms with Gasteiger partial charge in [-0.25, -0.2) is 0 Å². The number of hydrogen-bond donors (Lipinski definition) is 0. The topological polar surface area (TPSA) is 72.4 Å². The number of likely N-dealkylation sites (tertiary alicyclic amines) is 1. The molecule has 1 amide bonds. The third-order valence-electron chi connectivity index (χ3n) is 4.31. The van der Waals surface area contributed by atoms with E-state index in [1.165, 1.54) is 0 Å². The van der Waals surface area contributed by atoms with Crippen molar-refractivity contribution in [1.29, 1.82) is 0 Å². The molecule has 2 aromatic heterocycles. The molecule has 128 valence electrons. The normalized spacial score (nSPS) is 14.6. The third-order valence-corrected chi connectivity index (χ3v) is 4.55. The van der Waals surface area contributed by atoms with Crippen LogP contribution in [0.3, 0.4) is 0 Å². The van der Waals surface area contributed by atoms with E-state index < -0.39 is 0 Å². The average molecular weight is 358 g/mol. The minimum atomic E-state index is -0.0276. The van der Waals surface area contributed by atoms with Crippen LogP contribution < -0.4 is 0 Å². The Hall–Kier alpha value is -2.60. The van der Waals surface area contributed by atoms with Gasteiger partial charge in [0, 0.05) is 23.7 Å². The van der Waals surface area contributed by atoms with Gasteiger partial charge >= 0.3 is 0 Å². The molecule has 1 saturated heterocycles. The predicted octanol–water partition coefficient (Wildman–Crippen LogP) is 3.84. The fraction of sp³-hybridized carbons (Fsp3) is 0.278. The molecule has 1 fully saturated rings. The summed E-state index contributed by atoms with van der Waals surface area (Å²) in [4.78, 5) is 18.7. The van der Waals surface area contributed by atoms with Gasteiger partial charge in [0.2, 0.25) is 11.7 Å². The molecule has 4 rings (SSSR count). The summed E-state index contributed by atoms with van der Waals surface area (Å²) in [5.41, 5.74) is 1.42. The second-order valence-electron chi connectivity index (χ2n) is 6.20. The molecule has 1 aliphatic heterocycles. The highest BCUT2D eigenvalue weighted by Gasteiger charge is 2.37. The van der Waals surface area contributed by atoms with Crippen LogP contribution in [0.4, 0.5) is 0 Å². The molecule has 3 heterocycles. The highest BCUT2D eigenvalue weighted by atomic mass is 35.5. The summed E-state index contributed by atoms with van der Waals surface area (Å²) in [7, 11) is 0. The molecule has 0 bridgehead atoms. The molecule has 0 saturated carbocycles. The molecule has 6 nitrogen and oxygen atoms in total. The molecule has 1 aromatic carbocycles. The Balaban J connectivity index is 1.44. The smallest absolute Gasteiger partial charge is 0.257 e. The zero-order valence-electron chi connectivity index (χ0n) is 13.8. The molecular weight excluding hydrogens is 342 g/mol. The van der Waals surface area contributed by atoms with Crippen molar-refractivity contribution in [3.63, 3.8) is 0 Å². The number of amides is 1. The molecule has 0 radical (unpaired) electrons. The van der Waals surface area contributed by atoms with Crippen molar-refractivity contribution in [2.75, 3.05) is 13.1 Å². The van der Waals surface area contributed by atoms with Crippen LogP contribution >= 0.6 is 11.6 Å². The number of aromatic nitrogens is 2. The first-order valence-corrected chi connectivity index (χ1v) is 8.35. The summed E-state index contributed by atoms with van der Waals surface area (Å²) < 4.78 is 10.8. The lowest BCUT2D eigenvalue weighted by Crippen LogP contribution is -2.48. The van der Waals surface area contributed by atoms with Crippen LogP contribution in [0.2, 0.25) is 5.02 Å². The fourth-order valence-electron chi connectivity index (χ4n) is 2.96. The Labute approximate surface area is 149 Å². The molecule has 1 aliphatic rings. The van der Waals surface area contributed by atoms with Crippen LogP contribution in [0.15, 0.2) is 39.3 Å². The van der Waals surface area contributed by atoms with Gasteiger partial charge in [0.25, 0.3) is 5.91 Å². The van der Waals surface area contributed by atoms with Gasteiger partial charge in [0.05, 0.1) is 11.5 Å². The van der Waals surface area contributed by atoms with Gasteiger partial charge in [-0.3, -0.25) is 4.79 Å². The second-order valence-corrected chi connectivity index (χ2v) is 6.64. The maximum atomic E-state index is 12.5. The van der Waals surface area contributed by atoms with Gasteiger partial charge in [-0.05, 0) is 32.0 Å². The van der Waals surface area contributed by atoms with Crippen LogP contribution in [0, 0.1) is 13.8 Å². The van der Waals surface area contributed by atoms with Crippen molar-refractivity contribution < 1.29 is 13.7 Å². The predicted molar refractivity (Wildman–Crippen MR) is 91.6 cm³/mol. The van der Waals surface area contributed by atoms with Crippen LogP contribution in [0.1, 0.15) is 33.7 Å². The third kappa shape index (κ3) is 2.93. The number of benzene rings is 1. The van der Waals surface area contributed by atoms with Crippen LogP contribution in [0.25, 0.3) is 11.4 Å². The number of aryl methyl sites for hydroxylation is 2. The summed E-state index contributed by atoms with van der Waals surface area (Å²) in [5.74, 6) is 2.45. The number of halogens is 1. The molecular formula is C18H16ClN3O3. The summed E-state index contributed by atoms with van der Waals surface area (Å²) in [6, 6.07) is 9.07. The van der Waals surface area contributed by atoms with Crippen LogP contribution in [-0.4, -0.2) is 34.0 Å². The maximum Gasteiger partial charge on any atom is 0.257 e. The van der Waals surface area contributed by atoms with Crippen molar-refractivity contribution >= 4 is 17.5 Å². The van der Waals surface area contributed by atoms with E-state index in [2.05, 4.69) is 10.1 Å². The summed E-state index contributed by atoms with van der Waals surface area (Å²) in [5, 5.41) is 4.63. The largest absolute Gasteiger partial charge is 0.466 e. The van der Waals surface area contributed by atoms with Gasteiger partial charge in [0.15, 0.2) is 0 Å². The Kier molecular flexibility index (Phi) is 3.84. The van der Waals surface area contributed by atoms with Crippen LogP contribution in [-0.2, 0) is 0 Å². The first kappa shape index (κ1) is 15.9. The highest BCUT2D eigenvalue weighted by molar-refractivity contribution is 6.30. The van der Waals surface area contributed by atoms with Crippen molar-refractivity contribution in [3.8, 4) is 11.4 Å². The maximum absolute atomic E-state index is 12.5. The van der Waals surface area contributed by atoms with Crippen molar-refractivity contribution in [2.45, 2.75) is 19.8 Å². The summed E-state index contributed by atoms with van der Waals surface area (Å²) in [6.45, 7) is 4.74. The molecule has 0 N–H and O–H groups in total. The van der Waals surface area contributed by atoms with E-state index in [4.69, 9.17) is 20.5 Å². The van der Waals surface area contributed by atoms with Crippen molar-refractivity contribution in [3.05, 3.63) is 58.3 Å². The first-order chi connectivity index (χ1) is 12.0.